The number of hydrogen-bond donors (Lipinski definition) is 2. The van der Waals surface area contributed by atoms with Crippen molar-refractivity contribution in [2.75, 3.05) is 0 Å². The minimum absolute atomic E-state index is 0.126. The van der Waals surface area contributed by atoms with Crippen molar-refractivity contribution in [3.8, 4) is 0 Å². The van der Waals surface area contributed by atoms with Gasteiger partial charge in [-0.25, -0.2) is 9.78 Å². The highest BCUT2D eigenvalue weighted by Gasteiger charge is 2.15. The maximum Gasteiger partial charge on any atom is 0.347 e. The molecule has 7 nitrogen and oxygen atoms in total. The molecule has 104 valence electrons. The standard InChI is InChI=1S/C11H9ClN4O3S/c1-5-9(11(18)19)20-8(14-5)4-13-10(17)6-2-3-7(12)16-15-6/h2-3H,4H2,1H3,(H,13,17)(H,18,19). The van der Waals surface area contributed by atoms with Gasteiger partial charge in [0.2, 0.25) is 0 Å². The quantitative estimate of drug-likeness (QED) is 0.887. The van der Waals surface area contributed by atoms with E-state index >= 15 is 0 Å². The molecule has 0 unspecified atom stereocenters. The Balaban J connectivity index is 2.01. The van der Waals surface area contributed by atoms with Gasteiger partial charge in [0, 0.05) is 0 Å². The Morgan fingerprint density at radius 2 is 2.15 bits per heavy atom. The van der Waals surface area contributed by atoms with E-state index < -0.39 is 11.9 Å². The second kappa shape index (κ2) is 5.93. The number of thiazole rings is 1. The molecule has 0 aliphatic carbocycles. The summed E-state index contributed by atoms with van der Waals surface area (Å²) in [5, 5.41) is 19.4. The van der Waals surface area contributed by atoms with Gasteiger partial charge in [-0.15, -0.1) is 21.5 Å². The van der Waals surface area contributed by atoms with Crippen LogP contribution in [-0.4, -0.2) is 32.2 Å². The number of aromatic nitrogens is 3. The summed E-state index contributed by atoms with van der Waals surface area (Å²) in [5.41, 5.74) is 0.555. The first-order valence-electron chi connectivity index (χ1n) is 5.44. The lowest BCUT2D eigenvalue weighted by Gasteiger charge is -2.01. The first-order chi connectivity index (χ1) is 9.47. The van der Waals surface area contributed by atoms with E-state index in [0.29, 0.717) is 10.7 Å². The summed E-state index contributed by atoms with van der Waals surface area (Å²) in [6, 6.07) is 2.90. The molecule has 0 fully saturated rings. The molecule has 0 atom stereocenters. The van der Waals surface area contributed by atoms with E-state index in [9.17, 15) is 9.59 Å². The molecule has 2 aromatic rings. The first-order valence-corrected chi connectivity index (χ1v) is 6.64. The van der Waals surface area contributed by atoms with Crippen molar-refractivity contribution in [2.24, 2.45) is 0 Å². The Morgan fingerprint density at radius 1 is 1.40 bits per heavy atom. The van der Waals surface area contributed by atoms with Gasteiger partial charge in [-0.1, -0.05) is 11.6 Å². The number of aromatic carboxylic acids is 1. The fourth-order valence-electron chi connectivity index (χ4n) is 1.41. The van der Waals surface area contributed by atoms with Gasteiger partial charge in [-0.3, -0.25) is 4.79 Å². The molecule has 0 spiro atoms. The van der Waals surface area contributed by atoms with Gasteiger partial charge >= 0.3 is 5.97 Å². The molecule has 2 heterocycles. The highest BCUT2D eigenvalue weighted by atomic mass is 35.5. The molecule has 1 amide bonds. The molecule has 2 aromatic heterocycles. The molecule has 0 aliphatic heterocycles. The van der Waals surface area contributed by atoms with E-state index in [2.05, 4.69) is 20.5 Å². The number of carboxylic acids is 1. The lowest BCUT2D eigenvalue weighted by Crippen LogP contribution is -2.24. The summed E-state index contributed by atoms with van der Waals surface area (Å²) in [4.78, 5) is 26.9. The van der Waals surface area contributed by atoms with Gasteiger partial charge in [0.25, 0.3) is 5.91 Å². The highest BCUT2D eigenvalue weighted by molar-refractivity contribution is 7.13. The van der Waals surface area contributed by atoms with E-state index in [1.54, 1.807) is 6.92 Å². The Bertz CT molecular complexity index is 656. The van der Waals surface area contributed by atoms with E-state index in [-0.39, 0.29) is 22.3 Å². The molecular formula is C11H9ClN4O3S. The highest BCUT2D eigenvalue weighted by Crippen LogP contribution is 2.17. The molecule has 0 bridgehead atoms. The van der Waals surface area contributed by atoms with Crippen LogP contribution >= 0.6 is 22.9 Å². The largest absolute Gasteiger partial charge is 0.477 e. The zero-order valence-corrected chi connectivity index (χ0v) is 11.8. The Labute approximate surface area is 122 Å². The van der Waals surface area contributed by atoms with E-state index in [1.807, 2.05) is 0 Å². The Hall–Kier alpha value is -2.06. The van der Waals surface area contributed by atoms with Crippen LogP contribution in [0.3, 0.4) is 0 Å². The molecule has 2 N–H and O–H groups in total. The Morgan fingerprint density at radius 3 is 2.70 bits per heavy atom. The van der Waals surface area contributed by atoms with Crippen molar-refractivity contribution in [1.82, 2.24) is 20.5 Å². The second-order valence-electron chi connectivity index (χ2n) is 3.75. The second-order valence-corrected chi connectivity index (χ2v) is 5.22. The van der Waals surface area contributed by atoms with Crippen molar-refractivity contribution < 1.29 is 14.7 Å². The normalized spacial score (nSPS) is 10.3. The summed E-state index contributed by atoms with van der Waals surface area (Å²) >= 11 is 6.59. The molecule has 9 heteroatoms. The van der Waals surface area contributed by atoms with Crippen molar-refractivity contribution in [3.63, 3.8) is 0 Å². The zero-order valence-electron chi connectivity index (χ0n) is 10.3. The average Bonchev–Trinajstić information content (AvgIpc) is 2.78. The fraction of sp³-hybridized carbons (Fsp3) is 0.182. The molecule has 0 saturated carbocycles. The molecule has 0 radical (unpaired) electrons. The van der Waals surface area contributed by atoms with Gasteiger partial charge in [0.15, 0.2) is 10.8 Å². The van der Waals surface area contributed by atoms with Crippen LogP contribution in [0.25, 0.3) is 0 Å². The third kappa shape index (κ3) is 3.28. The van der Waals surface area contributed by atoms with Crippen LogP contribution in [0.15, 0.2) is 12.1 Å². The van der Waals surface area contributed by atoms with E-state index in [4.69, 9.17) is 16.7 Å². The molecule has 20 heavy (non-hydrogen) atoms. The third-order valence-electron chi connectivity index (χ3n) is 2.30. The van der Waals surface area contributed by atoms with E-state index in [0.717, 1.165) is 11.3 Å². The van der Waals surface area contributed by atoms with Crippen molar-refractivity contribution in [1.29, 1.82) is 0 Å². The number of hydrogen-bond acceptors (Lipinski definition) is 6. The number of nitrogens with one attached hydrogen (secondary N) is 1. The summed E-state index contributed by atoms with van der Waals surface area (Å²) in [6.45, 7) is 1.73. The van der Waals surface area contributed by atoms with Crippen molar-refractivity contribution in [3.05, 3.63) is 38.6 Å². The van der Waals surface area contributed by atoms with Crippen LogP contribution in [0.5, 0.6) is 0 Å². The third-order valence-corrected chi connectivity index (χ3v) is 3.65. The maximum atomic E-state index is 11.8. The first kappa shape index (κ1) is 14.4. The molecule has 0 aromatic carbocycles. The van der Waals surface area contributed by atoms with Crippen LogP contribution in [-0.2, 0) is 6.54 Å². The maximum absolute atomic E-state index is 11.8. The topological polar surface area (TPSA) is 105 Å². The fourth-order valence-corrected chi connectivity index (χ4v) is 2.35. The van der Waals surface area contributed by atoms with Crippen LogP contribution in [0.2, 0.25) is 5.15 Å². The van der Waals surface area contributed by atoms with Crippen molar-refractivity contribution >= 4 is 34.8 Å². The van der Waals surface area contributed by atoms with Gasteiger partial charge < -0.3 is 10.4 Å². The predicted molar refractivity (Wildman–Crippen MR) is 72.0 cm³/mol. The number of aryl methyl sites for hydroxylation is 1. The van der Waals surface area contributed by atoms with Gasteiger partial charge in [0.05, 0.1) is 12.2 Å². The summed E-state index contributed by atoms with van der Waals surface area (Å²) < 4.78 is 0. The zero-order chi connectivity index (χ0) is 14.7. The van der Waals surface area contributed by atoms with Crippen LogP contribution < -0.4 is 5.32 Å². The van der Waals surface area contributed by atoms with Crippen molar-refractivity contribution in [2.45, 2.75) is 13.5 Å². The van der Waals surface area contributed by atoms with Gasteiger partial charge in [0.1, 0.15) is 9.88 Å². The monoisotopic (exact) mass is 312 g/mol. The SMILES string of the molecule is Cc1nc(CNC(=O)c2ccc(Cl)nn2)sc1C(=O)O. The number of halogens is 1. The molecular weight excluding hydrogens is 304 g/mol. The minimum Gasteiger partial charge on any atom is -0.477 e. The lowest BCUT2D eigenvalue weighted by molar-refractivity contribution is 0.0701. The smallest absolute Gasteiger partial charge is 0.347 e. The summed E-state index contributed by atoms with van der Waals surface area (Å²) in [6.07, 6.45) is 0. The number of rotatable bonds is 4. The summed E-state index contributed by atoms with van der Waals surface area (Å²) in [7, 11) is 0. The lowest BCUT2D eigenvalue weighted by atomic mass is 10.3. The molecule has 0 aliphatic rings. The number of carbonyl (C=O) groups excluding carboxylic acids is 1. The van der Waals surface area contributed by atoms with E-state index in [1.165, 1.54) is 12.1 Å². The predicted octanol–water partition coefficient (Wildman–Crippen LogP) is 1.52. The summed E-state index contributed by atoms with van der Waals surface area (Å²) in [5.74, 6) is -1.46. The Kier molecular flexibility index (Phi) is 4.26. The van der Waals surface area contributed by atoms with Crippen LogP contribution in [0, 0.1) is 6.92 Å². The number of carboxylic acid groups (broad SMARTS) is 1. The van der Waals surface area contributed by atoms with Gasteiger partial charge in [-0.2, -0.15) is 0 Å². The molecule has 0 saturated heterocycles. The number of amides is 1. The molecule has 2 rings (SSSR count). The van der Waals surface area contributed by atoms with Crippen LogP contribution in [0.1, 0.15) is 30.9 Å². The number of nitrogens with zero attached hydrogens (tertiary/aromatic N) is 3. The number of carbonyl (C=O) groups is 2. The van der Waals surface area contributed by atoms with Crippen LogP contribution in [0.4, 0.5) is 0 Å². The average molecular weight is 313 g/mol. The minimum atomic E-state index is -1.03. The van der Waals surface area contributed by atoms with Gasteiger partial charge in [-0.05, 0) is 19.1 Å².